The molecule has 0 aliphatic rings. The van der Waals surface area contributed by atoms with Crippen LogP contribution in [-0.2, 0) is 28.7 Å². The molecular weight excluding hydrogens is 304 g/mol. The number of ketones is 1. The van der Waals surface area contributed by atoms with Gasteiger partial charge in [0.2, 0.25) is 11.4 Å². The minimum atomic E-state index is -3.07. The average Bonchev–Trinajstić information content (AvgIpc) is 2.34. The van der Waals surface area contributed by atoms with Gasteiger partial charge in [-0.25, -0.2) is 9.59 Å². The molecule has 0 heterocycles. The number of hydrogen-bond acceptors (Lipinski definition) is 6. The molecule has 0 aromatic heterocycles. The highest BCUT2D eigenvalue weighted by Crippen LogP contribution is 2.25. The summed E-state index contributed by atoms with van der Waals surface area (Å²) in [7, 11) is 0. The molecule has 0 rings (SSSR count). The molecule has 10 nitrogen and oxygen atoms in total. The number of Topliss-reactive ketones (excluding diaryl/α,β-unsaturated/α-hetero) is 1. The van der Waals surface area contributed by atoms with Crippen LogP contribution in [0.15, 0.2) is 12.2 Å². The second-order valence-electron chi connectivity index (χ2n) is 4.35. The Bertz CT molecular complexity index is 534. The molecule has 0 aromatic rings. The summed E-state index contributed by atoms with van der Waals surface area (Å²) >= 11 is 0. The molecule has 4 N–H and O–H groups in total. The van der Waals surface area contributed by atoms with Crippen molar-refractivity contribution in [1.82, 2.24) is 0 Å². The van der Waals surface area contributed by atoms with Gasteiger partial charge in [-0.2, -0.15) is 0 Å². The molecule has 0 aliphatic heterocycles. The maximum Gasteiger partial charge on any atom is 0.344 e. The SMILES string of the molecule is C=C(C)C(=O)C(CC(=O)O)(OC(CC(=O)O)C(=O)O)C(=O)O. The van der Waals surface area contributed by atoms with E-state index in [1.165, 1.54) is 0 Å². The van der Waals surface area contributed by atoms with E-state index in [2.05, 4.69) is 11.3 Å². The zero-order valence-electron chi connectivity index (χ0n) is 11.4. The first kappa shape index (κ1) is 19.2. The Morgan fingerprint density at radius 1 is 1.05 bits per heavy atom. The monoisotopic (exact) mass is 318 g/mol. The molecule has 0 spiro atoms. The van der Waals surface area contributed by atoms with Crippen LogP contribution >= 0.6 is 0 Å². The summed E-state index contributed by atoms with van der Waals surface area (Å²) in [4.78, 5) is 55.7. The Morgan fingerprint density at radius 3 is 1.82 bits per heavy atom. The van der Waals surface area contributed by atoms with Crippen LogP contribution in [0.2, 0.25) is 0 Å². The van der Waals surface area contributed by atoms with Gasteiger partial charge >= 0.3 is 23.9 Å². The van der Waals surface area contributed by atoms with Crippen LogP contribution in [0, 0.1) is 0 Å². The fourth-order valence-electron chi connectivity index (χ4n) is 1.54. The summed E-state index contributed by atoms with van der Waals surface area (Å²) in [6.45, 7) is 4.26. The van der Waals surface area contributed by atoms with Crippen LogP contribution in [-0.4, -0.2) is 61.8 Å². The highest BCUT2D eigenvalue weighted by molar-refractivity contribution is 6.16. The molecular formula is C12H14O10. The minimum Gasteiger partial charge on any atom is -0.481 e. The summed E-state index contributed by atoms with van der Waals surface area (Å²) in [5.41, 5.74) is -3.46. The van der Waals surface area contributed by atoms with Crippen LogP contribution in [0.3, 0.4) is 0 Å². The van der Waals surface area contributed by atoms with Gasteiger partial charge in [-0.15, -0.1) is 0 Å². The minimum absolute atomic E-state index is 0.386. The Balaban J connectivity index is 5.91. The van der Waals surface area contributed by atoms with Crippen LogP contribution in [0.4, 0.5) is 0 Å². The van der Waals surface area contributed by atoms with E-state index in [9.17, 15) is 24.0 Å². The third kappa shape index (κ3) is 4.66. The number of ether oxygens (including phenoxy) is 1. The van der Waals surface area contributed by atoms with Gasteiger partial charge in [-0.1, -0.05) is 6.58 Å². The highest BCUT2D eigenvalue weighted by Gasteiger charge is 2.52. The molecule has 0 aliphatic carbocycles. The molecule has 0 radical (unpaired) electrons. The fraction of sp³-hybridized carbons (Fsp3) is 0.417. The number of carbonyl (C=O) groups is 5. The van der Waals surface area contributed by atoms with E-state index in [0.717, 1.165) is 6.92 Å². The van der Waals surface area contributed by atoms with E-state index in [0.29, 0.717) is 0 Å². The van der Waals surface area contributed by atoms with E-state index < -0.39 is 54.2 Å². The fourth-order valence-corrected chi connectivity index (χ4v) is 1.54. The molecule has 0 aromatic carbocycles. The van der Waals surface area contributed by atoms with Crippen LogP contribution < -0.4 is 0 Å². The van der Waals surface area contributed by atoms with E-state index in [1.807, 2.05) is 0 Å². The van der Waals surface area contributed by atoms with Gasteiger partial charge in [-0.05, 0) is 12.5 Å². The third-order valence-electron chi connectivity index (χ3n) is 2.48. The first-order valence-corrected chi connectivity index (χ1v) is 5.72. The molecule has 2 atom stereocenters. The van der Waals surface area contributed by atoms with E-state index >= 15 is 0 Å². The Hall–Kier alpha value is -2.75. The van der Waals surface area contributed by atoms with Crippen molar-refractivity contribution in [2.24, 2.45) is 0 Å². The van der Waals surface area contributed by atoms with Crippen molar-refractivity contribution in [2.45, 2.75) is 31.5 Å². The summed E-state index contributed by atoms with van der Waals surface area (Å²) < 4.78 is 4.63. The predicted octanol–water partition coefficient (Wildman–Crippen LogP) is -0.626. The predicted molar refractivity (Wildman–Crippen MR) is 67.2 cm³/mol. The Morgan fingerprint density at radius 2 is 1.55 bits per heavy atom. The topological polar surface area (TPSA) is 176 Å². The average molecular weight is 318 g/mol. The smallest absolute Gasteiger partial charge is 0.344 e. The van der Waals surface area contributed by atoms with Crippen molar-refractivity contribution < 1.29 is 49.1 Å². The van der Waals surface area contributed by atoms with E-state index in [-0.39, 0.29) is 5.57 Å². The van der Waals surface area contributed by atoms with Gasteiger partial charge in [0.25, 0.3) is 0 Å². The standard InChI is InChI=1S/C12H14O10/c1-5(2)9(17)12(11(20)21,4-8(15)16)22-6(10(18)19)3-7(13)14/h6H,1,3-4H2,2H3,(H,13,14)(H,15,16)(H,18,19)(H,20,21). The van der Waals surface area contributed by atoms with E-state index in [4.69, 9.17) is 20.4 Å². The van der Waals surface area contributed by atoms with Gasteiger partial charge in [-0.3, -0.25) is 14.4 Å². The summed E-state index contributed by atoms with van der Waals surface area (Å²) in [5.74, 6) is -8.66. The van der Waals surface area contributed by atoms with Gasteiger partial charge in [0, 0.05) is 0 Å². The lowest BCUT2D eigenvalue weighted by Gasteiger charge is -2.29. The molecule has 0 amide bonds. The van der Waals surface area contributed by atoms with Crippen molar-refractivity contribution in [3.8, 4) is 0 Å². The number of hydrogen-bond donors (Lipinski definition) is 4. The molecule has 0 saturated heterocycles. The van der Waals surface area contributed by atoms with Crippen molar-refractivity contribution in [2.75, 3.05) is 0 Å². The summed E-state index contributed by atoms with van der Waals surface area (Å²) in [6, 6.07) is 0. The zero-order chi connectivity index (χ0) is 17.7. The molecule has 0 saturated carbocycles. The van der Waals surface area contributed by atoms with E-state index in [1.54, 1.807) is 0 Å². The zero-order valence-corrected chi connectivity index (χ0v) is 11.4. The van der Waals surface area contributed by atoms with Crippen LogP contribution in [0.5, 0.6) is 0 Å². The maximum absolute atomic E-state index is 12.0. The molecule has 22 heavy (non-hydrogen) atoms. The second-order valence-corrected chi connectivity index (χ2v) is 4.35. The van der Waals surface area contributed by atoms with Crippen molar-refractivity contribution in [1.29, 1.82) is 0 Å². The first-order chi connectivity index (χ1) is 9.93. The number of carboxylic acid groups (broad SMARTS) is 4. The Kier molecular flexibility index (Phi) is 6.40. The van der Waals surface area contributed by atoms with Gasteiger partial charge in [0.15, 0.2) is 6.10 Å². The number of aliphatic carboxylic acids is 4. The third-order valence-corrected chi connectivity index (χ3v) is 2.48. The summed E-state index contributed by atoms with van der Waals surface area (Å²) in [5, 5.41) is 35.4. The van der Waals surface area contributed by atoms with Crippen molar-refractivity contribution in [3.63, 3.8) is 0 Å². The quantitative estimate of drug-likeness (QED) is 0.300. The van der Waals surface area contributed by atoms with Crippen molar-refractivity contribution in [3.05, 3.63) is 12.2 Å². The Labute approximate surface area is 123 Å². The molecule has 2 unspecified atom stereocenters. The lowest BCUT2D eigenvalue weighted by Crippen LogP contribution is -2.54. The summed E-state index contributed by atoms with van der Waals surface area (Å²) in [6.07, 6.45) is -4.78. The van der Waals surface area contributed by atoms with Gasteiger partial charge in [0.05, 0.1) is 12.8 Å². The van der Waals surface area contributed by atoms with Gasteiger partial charge in [0.1, 0.15) is 0 Å². The van der Waals surface area contributed by atoms with Crippen LogP contribution in [0.25, 0.3) is 0 Å². The lowest BCUT2D eigenvalue weighted by molar-refractivity contribution is -0.191. The highest BCUT2D eigenvalue weighted by atomic mass is 16.6. The molecule has 0 fully saturated rings. The number of carbonyl (C=O) groups excluding carboxylic acids is 1. The van der Waals surface area contributed by atoms with Crippen LogP contribution in [0.1, 0.15) is 19.8 Å². The normalized spacial score (nSPS) is 14.4. The van der Waals surface area contributed by atoms with Crippen molar-refractivity contribution >= 4 is 29.7 Å². The molecule has 10 heteroatoms. The first-order valence-electron chi connectivity index (χ1n) is 5.72. The molecule has 122 valence electrons. The number of rotatable bonds is 10. The lowest BCUT2D eigenvalue weighted by atomic mass is 9.89. The largest absolute Gasteiger partial charge is 0.481 e. The second kappa shape index (κ2) is 7.31. The maximum atomic E-state index is 12.0. The number of carboxylic acids is 4. The molecule has 0 bridgehead atoms. The van der Waals surface area contributed by atoms with Gasteiger partial charge < -0.3 is 25.2 Å².